The third-order valence-electron chi connectivity index (χ3n) is 5.32. The van der Waals surface area contributed by atoms with E-state index in [9.17, 15) is 68.0 Å². The average molecular weight is 502 g/mol. The van der Waals surface area contributed by atoms with Crippen LogP contribution in [0.25, 0.3) is 0 Å². The lowest BCUT2D eigenvalue weighted by molar-refractivity contribution is -0.406. The number of hydrogen-bond donors (Lipinski definition) is 3. The number of aliphatic hydroxyl groups excluding tert-OH is 1. The van der Waals surface area contributed by atoms with Gasteiger partial charge < -0.3 is 20.1 Å². The van der Waals surface area contributed by atoms with E-state index in [2.05, 4.69) is 11.3 Å². The van der Waals surface area contributed by atoms with Crippen molar-refractivity contribution in [2.45, 2.75) is 74.5 Å². The minimum Gasteiger partial charge on any atom is -0.373 e. The molecular weight excluding hydrogens is 484 g/mol. The van der Waals surface area contributed by atoms with Crippen molar-refractivity contribution in [3.05, 3.63) is 12.2 Å². The van der Waals surface area contributed by atoms with Gasteiger partial charge in [-0.15, -0.1) is 0 Å². The molecular formula is C16H18F12O4. The molecule has 0 aromatic carbocycles. The number of halogens is 12. The topological polar surface area (TPSA) is 69.9 Å². The maximum atomic E-state index is 13.2. The summed E-state index contributed by atoms with van der Waals surface area (Å²) in [6.45, 7) is 4.15. The third kappa shape index (κ3) is 4.97. The number of alkyl halides is 12. The highest BCUT2D eigenvalue weighted by Crippen LogP contribution is 2.57. The largest absolute Gasteiger partial charge is 0.426 e. The van der Waals surface area contributed by atoms with Gasteiger partial charge in [-0.25, -0.2) is 0 Å². The van der Waals surface area contributed by atoms with Crippen LogP contribution in [0.1, 0.15) is 26.2 Å². The van der Waals surface area contributed by atoms with Crippen LogP contribution in [0.3, 0.4) is 0 Å². The van der Waals surface area contributed by atoms with Gasteiger partial charge in [0.1, 0.15) is 0 Å². The first kappa shape index (κ1) is 28.8. The first-order chi connectivity index (χ1) is 13.9. The van der Waals surface area contributed by atoms with Crippen LogP contribution in [0.2, 0.25) is 0 Å². The lowest BCUT2D eigenvalue weighted by atomic mass is 9.65. The molecule has 0 radical (unpaired) electrons. The van der Waals surface area contributed by atoms with E-state index in [1.54, 1.807) is 0 Å². The van der Waals surface area contributed by atoms with Gasteiger partial charge in [0.25, 0.3) is 11.2 Å². The van der Waals surface area contributed by atoms with Gasteiger partial charge in [0.15, 0.2) is 6.29 Å². The summed E-state index contributed by atoms with van der Waals surface area (Å²) in [5.41, 5.74) is -11.8. The predicted molar refractivity (Wildman–Crippen MR) is 80.6 cm³/mol. The zero-order valence-corrected chi connectivity index (χ0v) is 15.9. The van der Waals surface area contributed by atoms with Gasteiger partial charge >= 0.3 is 24.7 Å². The molecule has 4 nitrogen and oxygen atoms in total. The zero-order chi connectivity index (χ0) is 25.7. The van der Waals surface area contributed by atoms with E-state index in [-0.39, 0.29) is 5.57 Å². The fraction of sp³-hybridized carbons (Fsp3) is 0.875. The van der Waals surface area contributed by atoms with Crippen molar-refractivity contribution in [3.8, 4) is 0 Å². The van der Waals surface area contributed by atoms with E-state index < -0.39 is 79.4 Å². The van der Waals surface area contributed by atoms with Gasteiger partial charge in [-0.2, -0.15) is 52.7 Å². The SMILES string of the molecule is C=C(C)C(O)OC1CC(C(O)(C(F)(F)F)C(F)(F)F)CC(C(O)(C(F)(F)F)C(F)(F)F)C1. The molecule has 1 rings (SSSR count). The quantitative estimate of drug-likeness (QED) is 0.297. The van der Waals surface area contributed by atoms with Crippen LogP contribution in [0.5, 0.6) is 0 Å². The van der Waals surface area contributed by atoms with Gasteiger partial charge in [-0.05, 0) is 31.8 Å². The molecule has 1 saturated carbocycles. The molecule has 0 saturated heterocycles. The highest BCUT2D eigenvalue weighted by Gasteiger charge is 2.78. The molecule has 32 heavy (non-hydrogen) atoms. The van der Waals surface area contributed by atoms with Crippen LogP contribution in [0.4, 0.5) is 52.7 Å². The van der Waals surface area contributed by atoms with Gasteiger partial charge in [0.2, 0.25) is 0 Å². The van der Waals surface area contributed by atoms with E-state index >= 15 is 0 Å². The lowest BCUT2D eigenvalue weighted by Crippen LogP contribution is -2.67. The lowest BCUT2D eigenvalue weighted by Gasteiger charge is -2.48. The Balaban J connectivity index is 3.66. The molecule has 190 valence electrons. The van der Waals surface area contributed by atoms with Crippen molar-refractivity contribution >= 4 is 0 Å². The molecule has 0 aliphatic heterocycles. The minimum absolute atomic E-state index is 0.326. The summed E-state index contributed by atoms with van der Waals surface area (Å²) in [5, 5.41) is 28.6. The van der Waals surface area contributed by atoms with Crippen molar-refractivity contribution in [1.29, 1.82) is 0 Å². The monoisotopic (exact) mass is 502 g/mol. The molecule has 3 unspecified atom stereocenters. The van der Waals surface area contributed by atoms with Gasteiger partial charge in [-0.1, -0.05) is 6.58 Å². The van der Waals surface area contributed by atoms with E-state index in [1.807, 2.05) is 0 Å². The van der Waals surface area contributed by atoms with Crippen LogP contribution in [0, 0.1) is 11.8 Å². The molecule has 0 aromatic heterocycles. The molecule has 1 fully saturated rings. The van der Waals surface area contributed by atoms with Crippen molar-refractivity contribution in [3.63, 3.8) is 0 Å². The zero-order valence-electron chi connectivity index (χ0n) is 15.9. The second-order valence-corrected chi connectivity index (χ2v) is 7.58. The summed E-state index contributed by atoms with van der Waals surface area (Å²) >= 11 is 0. The molecule has 0 heterocycles. The summed E-state index contributed by atoms with van der Waals surface area (Å²) in [6.07, 6.45) is -36.0. The smallest absolute Gasteiger partial charge is 0.373 e. The summed E-state index contributed by atoms with van der Waals surface area (Å²) in [6, 6.07) is 0. The average Bonchev–Trinajstić information content (AvgIpc) is 2.55. The maximum absolute atomic E-state index is 13.2. The minimum atomic E-state index is -6.57. The molecule has 0 spiro atoms. The Morgan fingerprint density at radius 1 is 0.719 bits per heavy atom. The number of rotatable bonds is 5. The van der Waals surface area contributed by atoms with E-state index in [0.29, 0.717) is 0 Å². The molecule has 1 aliphatic rings. The van der Waals surface area contributed by atoms with Crippen LogP contribution < -0.4 is 0 Å². The second-order valence-electron chi connectivity index (χ2n) is 7.58. The summed E-state index contributed by atoms with van der Waals surface area (Å²) in [7, 11) is 0. The van der Waals surface area contributed by atoms with Crippen LogP contribution in [-0.4, -0.2) is 63.6 Å². The second kappa shape index (κ2) is 8.51. The van der Waals surface area contributed by atoms with Crippen molar-refractivity contribution in [1.82, 2.24) is 0 Å². The highest BCUT2D eigenvalue weighted by molar-refractivity contribution is 5.08. The summed E-state index contributed by atoms with van der Waals surface area (Å²) in [4.78, 5) is 0. The molecule has 0 bridgehead atoms. The molecule has 3 N–H and O–H groups in total. The first-order valence-corrected chi connectivity index (χ1v) is 8.61. The first-order valence-electron chi connectivity index (χ1n) is 8.61. The number of ether oxygens (including phenoxy) is 1. The van der Waals surface area contributed by atoms with Crippen LogP contribution in [-0.2, 0) is 4.74 Å². The predicted octanol–water partition coefficient (Wildman–Crippen LogP) is 4.39. The Kier molecular flexibility index (Phi) is 7.65. The Morgan fingerprint density at radius 3 is 1.22 bits per heavy atom. The Labute approximate surface area is 172 Å². The Hall–Kier alpha value is -1.26. The Bertz CT molecular complexity index is 604. The van der Waals surface area contributed by atoms with Crippen LogP contribution >= 0.6 is 0 Å². The van der Waals surface area contributed by atoms with Gasteiger partial charge in [0, 0.05) is 11.8 Å². The maximum Gasteiger partial charge on any atom is 0.426 e. The summed E-state index contributed by atoms with van der Waals surface area (Å²) < 4.78 is 163. The molecule has 16 heteroatoms. The standard InChI is InChI=1S/C16H18F12O4/c1-6(2)10(29)32-9-4-7(11(30,13(17,18)19)14(20,21)22)3-8(5-9)12(31,15(23,24)25)16(26,27)28/h7-10,29-31H,1,3-5H2,2H3. The fourth-order valence-corrected chi connectivity index (χ4v) is 3.61. The molecule has 0 aromatic rings. The molecule has 3 atom stereocenters. The van der Waals surface area contributed by atoms with Gasteiger partial charge in [0.05, 0.1) is 6.10 Å². The molecule has 1 aliphatic carbocycles. The number of aliphatic hydroxyl groups is 3. The fourth-order valence-electron chi connectivity index (χ4n) is 3.61. The van der Waals surface area contributed by atoms with Crippen molar-refractivity contribution in [2.24, 2.45) is 11.8 Å². The Morgan fingerprint density at radius 2 is 1.00 bits per heavy atom. The van der Waals surface area contributed by atoms with Crippen LogP contribution in [0.15, 0.2) is 12.2 Å². The summed E-state index contributed by atoms with van der Waals surface area (Å²) in [5.74, 6) is -6.69. The normalized spacial score (nSPS) is 25.6. The highest BCUT2D eigenvalue weighted by atomic mass is 19.4. The van der Waals surface area contributed by atoms with E-state index in [0.717, 1.165) is 6.92 Å². The van der Waals surface area contributed by atoms with Crippen molar-refractivity contribution in [2.75, 3.05) is 0 Å². The third-order valence-corrected chi connectivity index (χ3v) is 5.32. The molecule has 0 amide bonds. The van der Waals surface area contributed by atoms with Crippen molar-refractivity contribution < 1.29 is 72.7 Å². The van der Waals surface area contributed by atoms with E-state index in [4.69, 9.17) is 0 Å². The van der Waals surface area contributed by atoms with E-state index in [1.165, 1.54) is 0 Å². The van der Waals surface area contributed by atoms with Gasteiger partial charge in [-0.3, -0.25) is 0 Å². The number of hydrogen-bond acceptors (Lipinski definition) is 4.